The van der Waals surface area contributed by atoms with Crippen LogP contribution in [0.5, 0.6) is 11.8 Å². The lowest BCUT2D eigenvalue weighted by Gasteiger charge is -2.15. The molecule has 0 spiro atoms. The van der Waals surface area contributed by atoms with E-state index < -0.39 is 34.7 Å². The molecule has 0 aliphatic carbocycles. The smallest absolute Gasteiger partial charge is 0.332 e. The molecule has 0 radical (unpaired) electrons. The summed E-state index contributed by atoms with van der Waals surface area (Å²) < 4.78 is 41.6. The van der Waals surface area contributed by atoms with Crippen LogP contribution in [0.15, 0.2) is 27.8 Å². The van der Waals surface area contributed by atoms with Crippen LogP contribution in [-0.2, 0) is 21.1 Å². The van der Waals surface area contributed by atoms with Gasteiger partial charge in [-0.05, 0) is 19.1 Å². The fraction of sp³-hybridized carbons (Fsp3) is 0.353. The summed E-state index contributed by atoms with van der Waals surface area (Å²) in [5.41, 5.74) is -0.643. The minimum Gasteiger partial charge on any atom is -0.484 e. The van der Waals surface area contributed by atoms with Crippen molar-refractivity contribution in [2.45, 2.75) is 13.0 Å². The van der Waals surface area contributed by atoms with Gasteiger partial charge in [-0.25, -0.2) is 13.6 Å². The number of fused-ring (bicyclic) bond motifs is 1. The molecule has 0 saturated carbocycles. The van der Waals surface area contributed by atoms with E-state index in [1.54, 1.807) is 14.0 Å². The number of benzene rings is 1. The number of imidazole rings is 1. The van der Waals surface area contributed by atoms with E-state index in [1.165, 1.54) is 29.3 Å². The molecule has 8 nitrogen and oxygen atoms in total. The summed E-state index contributed by atoms with van der Waals surface area (Å²) in [4.78, 5) is 28.5. The van der Waals surface area contributed by atoms with Crippen molar-refractivity contribution in [3.63, 3.8) is 0 Å². The molecule has 0 amide bonds. The van der Waals surface area contributed by atoms with Gasteiger partial charge >= 0.3 is 5.69 Å². The van der Waals surface area contributed by atoms with Gasteiger partial charge in [0.25, 0.3) is 11.6 Å². The molecule has 0 fully saturated rings. The minimum atomic E-state index is -0.816. The molecule has 2 heterocycles. The molecule has 0 N–H and O–H groups in total. The second-order valence-corrected chi connectivity index (χ2v) is 6.12. The van der Waals surface area contributed by atoms with Crippen LogP contribution in [0.3, 0.4) is 0 Å². The van der Waals surface area contributed by atoms with E-state index in [1.807, 2.05) is 0 Å². The maximum atomic E-state index is 13.6. The van der Waals surface area contributed by atoms with Gasteiger partial charge in [-0.3, -0.25) is 18.5 Å². The second kappa shape index (κ2) is 6.86. The zero-order valence-electron chi connectivity index (χ0n) is 15.2. The van der Waals surface area contributed by atoms with Crippen LogP contribution in [-0.4, -0.2) is 31.4 Å². The Balaban J connectivity index is 1.86. The Hall–Kier alpha value is -3.17. The number of para-hydroxylation sites is 1. The Morgan fingerprint density at radius 3 is 2.33 bits per heavy atom. The normalized spacial score (nSPS) is 12.4. The minimum absolute atomic E-state index is 0.0772. The Morgan fingerprint density at radius 1 is 1.07 bits per heavy atom. The van der Waals surface area contributed by atoms with Crippen LogP contribution in [0.1, 0.15) is 6.92 Å². The van der Waals surface area contributed by atoms with Crippen molar-refractivity contribution in [3.8, 4) is 11.8 Å². The molecule has 0 bridgehead atoms. The van der Waals surface area contributed by atoms with Crippen molar-refractivity contribution in [1.29, 1.82) is 0 Å². The Kier molecular flexibility index (Phi) is 4.73. The van der Waals surface area contributed by atoms with Crippen LogP contribution in [0.4, 0.5) is 8.78 Å². The lowest BCUT2D eigenvalue weighted by molar-refractivity contribution is 0.124. The third-order valence-electron chi connectivity index (χ3n) is 4.12. The number of hydrogen-bond donors (Lipinski definition) is 0. The zero-order chi connectivity index (χ0) is 19.9. The third kappa shape index (κ3) is 3.18. The van der Waals surface area contributed by atoms with E-state index in [0.717, 1.165) is 16.7 Å². The van der Waals surface area contributed by atoms with Crippen molar-refractivity contribution >= 4 is 11.2 Å². The van der Waals surface area contributed by atoms with Gasteiger partial charge in [0, 0.05) is 21.1 Å². The average molecular weight is 380 g/mol. The predicted octanol–water partition coefficient (Wildman–Crippen LogP) is 1.10. The van der Waals surface area contributed by atoms with Crippen LogP contribution < -0.4 is 20.7 Å². The molecule has 27 heavy (non-hydrogen) atoms. The van der Waals surface area contributed by atoms with E-state index in [9.17, 15) is 18.4 Å². The lowest BCUT2D eigenvalue weighted by Crippen LogP contribution is -2.37. The van der Waals surface area contributed by atoms with Gasteiger partial charge in [-0.15, -0.1) is 0 Å². The van der Waals surface area contributed by atoms with Crippen LogP contribution in [0.2, 0.25) is 0 Å². The topological polar surface area (TPSA) is 80.3 Å². The zero-order valence-corrected chi connectivity index (χ0v) is 15.2. The van der Waals surface area contributed by atoms with Crippen LogP contribution >= 0.6 is 0 Å². The SMILES string of the molecule is CC(COc1c(F)cccc1F)Oc1nc2c(c(=O)n(C)c(=O)n2C)n1C. The summed E-state index contributed by atoms with van der Waals surface area (Å²) in [7, 11) is 4.44. The van der Waals surface area contributed by atoms with Crippen LogP contribution in [0.25, 0.3) is 11.2 Å². The number of aromatic nitrogens is 4. The molecule has 10 heteroatoms. The molecule has 1 aromatic carbocycles. The fourth-order valence-electron chi connectivity index (χ4n) is 2.64. The fourth-order valence-corrected chi connectivity index (χ4v) is 2.64. The van der Waals surface area contributed by atoms with E-state index in [2.05, 4.69) is 4.98 Å². The van der Waals surface area contributed by atoms with Gasteiger partial charge in [-0.1, -0.05) is 6.07 Å². The molecule has 1 atom stereocenters. The first-order chi connectivity index (χ1) is 12.7. The predicted molar refractivity (Wildman–Crippen MR) is 93.1 cm³/mol. The first-order valence-corrected chi connectivity index (χ1v) is 8.08. The highest BCUT2D eigenvalue weighted by atomic mass is 19.1. The van der Waals surface area contributed by atoms with E-state index in [-0.39, 0.29) is 23.8 Å². The highest BCUT2D eigenvalue weighted by Gasteiger charge is 2.20. The lowest BCUT2D eigenvalue weighted by atomic mass is 10.3. The quantitative estimate of drug-likeness (QED) is 0.662. The number of hydrogen-bond acceptors (Lipinski definition) is 5. The highest BCUT2D eigenvalue weighted by molar-refractivity contribution is 5.71. The number of ether oxygens (including phenoxy) is 2. The summed E-state index contributed by atoms with van der Waals surface area (Å²) in [5.74, 6) is -2.12. The van der Waals surface area contributed by atoms with Crippen LogP contribution in [0, 0.1) is 11.6 Å². The number of halogens is 2. The van der Waals surface area contributed by atoms with Gasteiger partial charge in [0.2, 0.25) is 0 Å². The summed E-state index contributed by atoms with van der Waals surface area (Å²) in [6.07, 6.45) is -0.639. The van der Waals surface area contributed by atoms with Crippen molar-refractivity contribution in [2.75, 3.05) is 6.61 Å². The van der Waals surface area contributed by atoms with E-state index in [0.29, 0.717) is 0 Å². The highest BCUT2D eigenvalue weighted by Crippen LogP contribution is 2.22. The van der Waals surface area contributed by atoms with Gasteiger partial charge < -0.3 is 9.47 Å². The molecule has 2 aromatic heterocycles. The molecular formula is C17H18F2N4O4. The number of rotatable bonds is 5. The Bertz CT molecular complexity index is 1110. The molecule has 0 saturated heterocycles. The van der Waals surface area contributed by atoms with Gasteiger partial charge in [0.05, 0.1) is 0 Å². The second-order valence-electron chi connectivity index (χ2n) is 6.12. The number of aryl methyl sites for hydroxylation is 2. The molecule has 0 aliphatic rings. The standard InChI is InChI=1S/C17H18F2N4O4/c1-9(8-26-13-10(18)6-5-7-11(13)19)27-16-20-14-12(21(16)2)15(24)23(4)17(25)22(14)3/h5-7,9H,8H2,1-4H3. The van der Waals surface area contributed by atoms with Gasteiger partial charge in [0.15, 0.2) is 28.5 Å². The van der Waals surface area contributed by atoms with Gasteiger partial charge in [0.1, 0.15) is 12.7 Å². The van der Waals surface area contributed by atoms with Crippen molar-refractivity contribution < 1.29 is 18.3 Å². The molecule has 1 unspecified atom stereocenters. The Labute approximate surface area is 152 Å². The maximum absolute atomic E-state index is 13.6. The monoisotopic (exact) mass is 380 g/mol. The first-order valence-electron chi connectivity index (χ1n) is 8.08. The molecule has 0 aliphatic heterocycles. The third-order valence-corrected chi connectivity index (χ3v) is 4.12. The van der Waals surface area contributed by atoms with E-state index in [4.69, 9.17) is 9.47 Å². The summed E-state index contributed by atoms with van der Waals surface area (Å²) in [5, 5.41) is 0. The van der Waals surface area contributed by atoms with Gasteiger partial charge in [-0.2, -0.15) is 4.98 Å². The van der Waals surface area contributed by atoms with Crippen molar-refractivity contribution in [3.05, 3.63) is 50.7 Å². The molecular weight excluding hydrogens is 362 g/mol. The largest absolute Gasteiger partial charge is 0.484 e. The summed E-state index contributed by atoms with van der Waals surface area (Å²) >= 11 is 0. The Morgan fingerprint density at radius 2 is 1.70 bits per heavy atom. The van der Waals surface area contributed by atoms with Crippen molar-refractivity contribution in [1.82, 2.24) is 18.7 Å². The van der Waals surface area contributed by atoms with E-state index >= 15 is 0 Å². The van der Waals surface area contributed by atoms with Crippen molar-refractivity contribution in [2.24, 2.45) is 21.1 Å². The maximum Gasteiger partial charge on any atom is 0.332 e. The molecule has 3 rings (SSSR count). The average Bonchev–Trinajstić information content (AvgIpc) is 2.94. The summed E-state index contributed by atoms with van der Waals surface area (Å²) in [6, 6.07) is 3.49. The summed E-state index contributed by atoms with van der Waals surface area (Å²) in [6.45, 7) is 1.47. The first kappa shape index (κ1) is 18.6. The molecule has 144 valence electrons. The molecule has 3 aromatic rings. The number of nitrogens with zero attached hydrogens (tertiary/aromatic N) is 4.